The minimum Gasteiger partial charge on any atom is -0.507 e. The molecule has 31 heavy (non-hydrogen) atoms. The van der Waals surface area contributed by atoms with Crippen LogP contribution in [0.4, 0.5) is 52.7 Å². The minimum absolute atomic E-state index is 0.0878. The fourth-order valence-corrected chi connectivity index (χ4v) is 2.97. The predicted octanol–water partition coefficient (Wildman–Crippen LogP) is 6.55. The smallest absolute Gasteiger partial charge is 0.419 e. The molecule has 0 bridgehead atoms. The van der Waals surface area contributed by atoms with Crippen LogP contribution >= 0.6 is 0 Å². The van der Waals surface area contributed by atoms with Crippen molar-refractivity contribution in [3.05, 3.63) is 58.7 Å². The maximum Gasteiger partial charge on any atom is 0.419 e. The van der Waals surface area contributed by atoms with E-state index >= 15 is 0 Å². The number of rotatable bonds is 2. The molecule has 0 aromatic heterocycles. The molecular weight excluding hydrogens is 464 g/mol. The van der Waals surface area contributed by atoms with Gasteiger partial charge in [0.25, 0.3) is 0 Å². The number of phenolic OH excluding ortho intramolecular Hbond substituents is 2. The summed E-state index contributed by atoms with van der Waals surface area (Å²) >= 11 is 0. The third-order valence-corrected chi connectivity index (χ3v) is 4.32. The fraction of sp³-hybridized carbons (Fsp3) is 0.294. The van der Waals surface area contributed by atoms with Gasteiger partial charge in [0, 0.05) is 0 Å². The average molecular weight is 472 g/mol. The number of phenols is 2. The molecule has 0 atom stereocenters. The van der Waals surface area contributed by atoms with E-state index in [1.165, 1.54) is 0 Å². The zero-order chi connectivity index (χ0) is 24.2. The molecule has 0 unspecified atom stereocenters. The van der Waals surface area contributed by atoms with Gasteiger partial charge in [0.05, 0.1) is 11.1 Å². The molecule has 0 amide bonds. The van der Waals surface area contributed by atoms with E-state index in [1.807, 2.05) is 0 Å². The summed E-state index contributed by atoms with van der Waals surface area (Å²) in [7, 11) is 0. The number of halogens is 12. The van der Waals surface area contributed by atoms with Crippen LogP contribution in [0.3, 0.4) is 0 Å². The van der Waals surface area contributed by atoms with Gasteiger partial charge in [0.15, 0.2) is 0 Å². The summed E-state index contributed by atoms with van der Waals surface area (Å²) in [6.45, 7) is 0. The van der Waals surface area contributed by atoms with E-state index in [4.69, 9.17) is 0 Å². The first kappa shape index (κ1) is 24.5. The molecule has 14 heteroatoms. The first-order valence-corrected chi connectivity index (χ1v) is 7.69. The lowest BCUT2D eigenvalue weighted by atomic mass is 9.72. The largest absolute Gasteiger partial charge is 0.507 e. The first-order chi connectivity index (χ1) is 13.7. The van der Waals surface area contributed by atoms with Crippen molar-refractivity contribution in [3.63, 3.8) is 0 Å². The van der Waals surface area contributed by atoms with E-state index in [9.17, 15) is 62.9 Å². The van der Waals surface area contributed by atoms with Gasteiger partial charge in [0.2, 0.25) is 5.41 Å². The molecule has 2 aromatic rings. The summed E-state index contributed by atoms with van der Waals surface area (Å²) in [5.41, 5.74) is -14.2. The van der Waals surface area contributed by atoms with Crippen LogP contribution in [-0.2, 0) is 17.8 Å². The molecule has 2 N–H and O–H groups in total. The van der Waals surface area contributed by atoms with Gasteiger partial charge in [-0.2, -0.15) is 52.7 Å². The molecule has 0 fully saturated rings. The van der Waals surface area contributed by atoms with Gasteiger partial charge in [-0.25, -0.2) is 0 Å². The second-order valence-corrected chi connectivity index (χ2v) is 6.20. The second kappa shape index (κ2) is 7.12. The molecule has 0 radical (unpaired) electrons. The SMILES string of the molecule is Oc1ccc(C(c2ccc(O)c(C(F)(F)F)c2)(C(F)(F)F)C(F)(F)F)cc1C(F)(F)F. The molecule has 0 saturated carbocycles. The van der Waals surface area contributed by atoms with Crippen molar-refractivity contribution < 1.29 is 62.9 Å². The van der Waals surface area contributed by atoms with Gasteiger partial charge >= 0.3 is 24.7 Å². The maximum absolute atomic E-state index is 13.9. The Morgan fingerprint density at radius 3 is 1.00 bits per heavy atom. The third-order valence-electron chi connectivity index (χ3n) is 4.32. The minimum atomic E-state index is -6.50. The highest BCUT2D eigenvalue weighted by atomic mass is 19.4. The van der Waals surface area contributed by atoms with Crippen molar-refractivity contribution in [3.8, 4) is 11.5 Å². The highest BCUT2D eigenvalue weighted by Gasteiger charge is 2.73. The van der Waals surface area contributed by atoms with Crippen LogP contribution < -0.4 is 0 Å². The molecule has 0 aliphatic heterocycles. The van der Waals surface area contributed by atoms with Crippen LogP contribution in [0, 0.1) is 0 Å². The Bertz CT molecular complexity index is 888. The summed E-state index contributed by atoms with van der Waals surface area (Å²) in [5, 5.41) is 18.5. The Balaban J connectivity index is 3.06. The normalized spacial score (nSPS) is 14.1. The molecule has 0 aliphatic rings. The van der Waals surface area contributed by atoms with Crippen molar-refractivity contribution in [2.45, 2.75) is 30.1 Å². The zero-order valence-electron chi connectivity index (χ0n) is 14.4. The van der Waals surface area contributed by atoms with Gasteiger partial charge in [-0.15, -0.1) is 0 Å². The molecule has 2 aromatic carbocycles. The lowest BCUT2D eigenvalue weighted by molar-refractivity contribution is -0.288. The number of hydrogen-bond acceptors (Lipinski definition) is 2. The lowest BCUT2D eigenvalue weighted by Crippen LogP contribution is -2.55. The molecular formula is C17H8F12O2. The number of hydrogen-bond donors (Lipinski definition) is 2. The van der Waals surface area contributed by atoms with Gasteiger partial charge in [-0.3, -0.25) is 0 Å². The van der Waals surface area contributed by atoms with E-state index < -0.39 is 76.0 Å². The van der Waals surface area contributed by atoms with Crippen molar-refractivity contribution in [1.29, 1.82) is 0 Å². The first-order valence-electron chi connectivity index (χ1n) is 7.69. The Kier molecular flexibility index (Phi) is 5.62. The summed E-state index contributed by atoms with van der Waals surface area (Å²) in [6, 6.07) is -1.73. The van der Waals surface area contributed by atoms with Crippen molar-refractivity contribution in [2.75, 3.05) is 0 Å². The lowest BCUT2D eigenvalue weighted by Gasteiger charge is -2.39. The summed E-state index contributed by atoms with van der Waals surface area (Å²) in [6.07, 6.45) is -24.2. The van der Waals surface area contributed by atoms with Gasteiger partial charge in [-0.1, -0.05) is 12.1 Å². The molecule has 0 aliphatic carbocycles. The van der Waals surface area contributed by atoms with Gasteiger partial charge in [0.1, 0.15) is 11.5 Å². The Hall–Kier alpha value is -2.80. The molecule has 0 spiro atoms. The Morgan fingerprint density at radius 1 is 0.484 bits per heavy atom. The van der Waals surface area contributed by atoms with E-state index in [0.29, 0.717) is 0 Å². The third kappa shape index (κ3) is 4.06. The highest BCUT2D eigenvalue weighted by Crippen LogP contribution is 2.58. The average Bonchev–Trinajstić information content (AvgIpc) is 2.53. The van der Waals surface area contributed by atoms with Gasteiger partial charge in [-0.05, 0) is 35.4 Å². The zero-order valence-corrected chi connectivity index (χ0v) is 14.4. The Labute approximate surface area is 164 Å². The van der Waals surface area contributed by atoms with Crippen molar-refractivity contribution in [1.82, 2.24) is 0 Å². The molecule has 2 nitrogen and oxygen atoms in total. The van der Waals surface area contributed by atoms with Crippen LogP contribution in [0.2, 0.25) is 0 Å². The van der Waals surface area contributed by atoms with Crippen molar-refractivity contribution in [2.24, 2.45) is 0 Å². The van der Waals surface area contributed by atoms with Crippen LogP contribution in [0.1, 0.15) is 22.3 Å². The second-order valence-electron chi connectivity index (χ2n) is 6.20. The number of aromatic hydroxyl groups is 2. The van der Waals surface area contributed by atoms with Crippen LogP contribution in [0.15, 0.2) is 36.4 Å². The van der Waals surface area contributed by atoms with E-state index in [2.05, 4.69) is 0 Å². The van der Waals surface area contributed by atoms with Crippen molar-refractivity contribution >= 4 is 0 Å². The molecule has 0 saturated heterocycles. The number of benzene rings is 2. The molecule has 0 heterocycles. The summed E-state index contributed by atoms with van der Waals surface area (Å²) in [4.78, 5) is 0. The molecule has 172 valence electrons. The van der Waals surface area contributed by atoms with Crippen LogP contribution in [0.5, 0.6) is 11.5 Å². The maximum atomic E-state index is 13.9. The monoisotopic (exact) mass is 472 g/mol. The highest BCUT2D eigenvalue weighted by molar-refractivity contribution is 5.52. The van der Waals surface area contributed by atoms with E-state index in [-0.39, 0.29) is 24.3 Å². The quantitative estimate of drug-likeness (QED) is 0.487. The standard InChI is InChI=1S/C17H8F12O2/c18-14(19,20)9-5-7(1-3-11(9)30)13(16(24,25)26,17(27,28)29)8-2-4-12(31)10(6-8)15(21,22)23/h1-6,30-31H. The summed E-state index contributed by atoms with van der Waals surface area (Å²) in [5.74, 6) is -3.40. The fourth-order valence-electron chi connectivity index (χ4n) is 2.97. The summed E-state index contributed by atoms with van der Waals surface area (Å²) < 4.78 is 161. The van der Waals surface area contributed by atoms with Crippen LogP contribution in [-0.4, -0.2) is 22.6 Å². The number of alkyl halides is 12. The van der Waals surface area contributed by atoms with E-state index in [1.54, 1.807) is 0 Å². The van der Waals surface area contributed by atoms with Gasteiger partial charge < -0.3 is 10.2 Å². The van der Waals surface area contributed by atoms with E-state index in [0.717, 1.165) is 0 Å². The Morgan fingerprint density at radius 2 is 0.774 bits per heavy atom. The topological polar surface area (TPSA) is 40.5 Å². The predicted molar refractivity (Wildman–Crippen MR) is 79.1 cm³/mol. The van der Waals surface area contributed by atoms with Crippen LogP contribution in [0.25, 0.3) is 0 Å². The molecule has 2 rings (SSSR count).